The lowest BCUT2D eigenvalue weighted by Crippen LogP contribution is -1.90. The van der Waals surface area contributed by atoms with Gasteiger partial charge in [-0.05, 0) is 30.0 Å². The number of rotatable bonds is 2. The van der Waals surface area contributed by atoms with Crippen molar-refractivity contribution in [2.45, 2.75) is 13.3 Å². The highest BCUT2D eigenvalue weighted by Crippen LogP contribution is 2.22. The normalized spacial score (nSPS) is 10.3. The molecule has 0 saturated heterocycles. The highest BCUT2D eigenvalue weighted by molar-refractivity contribution is 6.32. The first-order valence-corrected chi connectivity index (χ1v) is 5.43. The Bertz CT molecular complexity index is 446. The van der Waals surface area contributed by atoms with Crippen LogP contribution in [0.2, 0.25) is 5.02 Å². The van der Waals surface area contributed by atoms with Crippen molar-refractivity contribution in [1.29, 1.82) is 0 Å². The Morgan fingerprint density at radius 1 is 0.933 bits per heavy atom. The third-order valence-corrected chi connectivity index (χ3v) is 3.05. The zero-order valence-corrected chi connectivity index (χ0v) is 9.46. The molecule has 0 radical (unpaired) electrons. The molecule has 76 valence electrons. The SMILES string of the molecule is Cc1cccc(Cc2ccccc2)c1Cl. The molecule has 2 aromatic carbocycles. The molecule has 0 amide bonds. The van der Waals surface area contributed by atoms with Gasteiger partial charge >= 0.3 is 0 Å². The van der Waals surface area contributed by atoms with Crippen LogP contribution in [0.4, 0.5) is 0 Å². The Morgan fingerprint density at radius 2 is 1.67 bits per heavy atom. The molecular weight excluding hydrogens is 204 g/mol. The second-order valence-electron chi connectivity index (χ2n) is 3.71. The molecule has 0 N–H and O–H groups in total. The molecule has 15 heavy (non-hydrogen) atoms. The summed E-state index contributed by atoms with van der Waals surface area (Å²) in [7, 11) is 0. The molecule has 0 aromatic heterocycles. The third-order valence-electron chi connectivity index (χ3n) is 2.51. The van der Waals surface area contributed by atoms with Crippen LogP contribution in [0.15, 0.2) is 48.5 Å². The maximum absolute atomic E-state index is 6.24. The van der Waals surface area contributed by atoms with Crippen LogP contribution < -0.4 is 0 Å². The number of hydrogen-bond donors (Lipinski definition) is 0. The molecule has 0 unspecified atom stereocenters. The summed E-state index contributed by atoms with van der Waals surface area (Å²) in [5.41, 5.74) is 3.64. The third kappa shape index (κ3) is 2.40. The average molecular weight is 217 g/mol. The summed E-state index contributed by atoms with van der Waals surface area (Å²) >= 11 is 6.24. The number of benzene rings is 2. The minimum atomic E-state index is 0.890. The van der Waals surface area contributed by atoms with Crippen molar-refractivity contribution >= 4 is 11.6 Å². The van der Waals surface area contributed by atoms with E-state index in [-0.39, 0.29) is 0 Å². The Kier molecular flexibility index (Phi) is 3.08. The number of hydrogen-bond acceptors (Lipinski definition) is 0. The van der Waals surface area contributed by atoms with Crippen LogP contribution in [0.5, 0.6) is 0 Å². The van der Waals surface area contributed by atoms with Crippen molar-refractivity contribution in [2.24, 2.45) is 0 Å². The molecule has 2 rings (SSSR count). The summed E-state index contributed by atoms with van der Waals surface area (Å²) in [5, 5.41) is 0.890. The van der Waals surface area contributed by atoms with E-state index in [1.54, 1.807) is 0 Å². The molecule has 0 heterocycles. The number of aryl methyl sites for hydroxylation is 1. The van der Waals surface area contributed by atoms with Crippen LogP contribution in [0.3, 0.4) is 0 Å². The standard InChI is InChI=1S/C14H13Cl/c1-11-6-5-9-13(14(11)15)10-12-7-3-2-4-8-12/h2-9H,10H2,1H3. The highest BCUT2D eigenvalue weighted by atomic mass is 35.5. The average Bonchev–Trinajstić information content (AvgIpc) is 2.26. The van der Waals surface area contributed by atoms with E-state index in [1.807, 2.05) is 19.1 Å². The van der Waals surface area contributed by atoms with E-state index >= 15 is 0 Å². The first kappa shape index (κ1) is 10.3. The maximum Gasteiger partial charge on any atom is 0.0470 e. The minimum absolute atomic E-state index is 0.890. The molecule has 0 fully saturated rings. The fraction of sp³-hybridized carbons (Fsp3) is 0.143. The van der Waals surface area contributed by atoms with Crippen molar-refractivity contribution in [2.75, 3.05) is 0 Å². The molecule has 0 bridgehead atoms. The van der Waals surface area contributed by atoms with E-state index in [0.717, 1.165) is 17.0 Å². The predicted octanol–water partition coefficient (Wildman–Crippen LogP) is 4.24. The molecule has 0 atom stereocenters. The summed E-state index contributed by atoms with van der Waals surface area (Å²) in [4.78, 5) is 0. The van der Waals surface area contributed by atoms with E-state index in [2.05, 4.69) is 36.4 Å². The van der Waals surface area contributed by atoms with Crippen LogP contribution in [-0.4, -0.2) is 0 Å². The molecular formula is C14H13Cl. The van der Waals surface area contributed by atoms with Gasteiger partial charge in [0, 0.05) is 5.02 Å². The molecule has 1 heteroatoms. The summed E-state index contributed by atoms with van der Waals surface area (Å²) in [5.74, 6) is 0. The lowest BCUT2D eigenvalue weighted by molar-refractivity contribution is 1.18. The van der Waals surface area contributed by atoms with Gasteiger partial charge in [0.25, 0.3) is 0 Å². The summed E-state index contributed by atoms with van der Waals surface area (Å²) in [6.07, 6.45) is 0.904. The Hall–Kier alpha value is -1.27. The Balaban J connectivity index is 2.29. The topological polar surface area (TPSA) is 0 Å². The minimum Gasteiger partial charge on any atom is -0.0837 e. The first-order valence-electron chi connectivity index (χ1n) is 5.05. The van der Waals surface area contributed by atoms with Crippen molar-refractivity contribution < 1.29 is 0 Å². The van der Waals surface area contributed by atoms with Crippen molar-refractivity contribution in [1.82, 2.24) is 0 Å². The van der Waals surface area contributed by atoms with Gasteiger partial charge in [0.2, 0.25) is 0 Å². The fourth-order valence-corrected chi connectivity index (χ4v) is 1.85. The largest absolute Gasteiger partial charge is 0.0837 e. The lowest BCUT2D eigenvalue weighted by atomic mass is 10.0. The molecule has 0 saturated carbocycles. The van der Waals surface area contributed by atoms with Crippen molar-refractivity contribution in [3.63, 3.8) is 0 Å². The van der Waals surface area contributed by atoms with Gasteiger partial charge in [0.1, 0.15) is 0 Å². The molecule has 0 aliphatic heterocycles. The van der Waals surface area contributed by atoms with Crippen LogP contribution >= 0.6 is 11.6 Å². The van der Waals surface area contributed by atoms with Crippen molar-refractivity contribution in [3.8, 4) is 0 Å². The van der Waals surface area contributed by atoms with Crippen LogP contribution in [-0.2, 0) is 6.42 Å². The van der Waals surface area contributed by atoms with E-state index in [4.69, 9.17) is 11.6 Å². The predicted molar refractivity (Wildman–Crippen MR) is 65.4 cm³/mol. The van der Waals surface area contributed by atoms with Gasteiger partial charge in [-0.3, -0.25) is 0 Å². The molecule has 2 aromatic rings. The fourth-order valence-electron chi connectivity index (χ4n) is 1.66. The zero-order chi connectivity index (χ0) is 10.7. The van der Waals surface area contributed by atoms with Gasteiger partial charge in [-0.25, -0.2) is 0 Å². The summed E-state index contributed by atoms with van der Waals surface area (Å²) in [6, 6.07) is 16.6. The van der Waals surface area contributed by atoms with Gasteiger partial charge in [-0.2, -0.15) is 0 Å². The van der Waals surface area contributed by atoms with Crippen LogP contribution in [0.1, 0.15) is 16.7 Å². The Labute approximate surface area is 95.5 Å². The Morgan fingerprint density at radius 3 is 2.40 bits per heavy atom. The second-order valence-corrected chi connectivity index (χ2v) is 4.09. The summed E-state index contributed by atoms with van der Waals surface area (Å²) < 4.78 is 0. The molecule has 0 aliphatic carbocycles. The van der Waals surface area contributed by atoms with Gasteiger partial charge < -0.3 is 0 Å². The van der Waals surface area contributed by atoms with Crippen LogP contribution in [0, 0.1) is 6.92 Å². The van der Waals surface area contributed by atoms with E-state index < -0.39 is 0 Å². The summed E-state index contributed by atoms with van der Waals surface area (Å²) in [6.45, 7) is 2.04. The quantitative estimate of drug-likeness (QED) is 0.705. The van der Waals surface area contributed by atoms with E-state index in [1.165, 1.54) is 11.1 Å². The van der Waals surface area contributed by atoms with Crippen molar-refractivity contribution in [3.05, 3.63) is 70.2 Å². The molecule has 0 nitrogen and oxygen atoms in total. The zero-order valence-electron chi connectivity index (χ0n) is 8.70. The monoisotopic (exact) mass is 216 g/mol. The van der Waals surface area contributed by atoms with Gasteiger partial charge in [0.05, 0.1) is 0 Å². The lowest BCUT2D eigenvalue weighted by Gasteiger charge is -2.06. The first-order chi connectivity index (χ1) is 7.27. The molecule has 0 aliphatic rings. The highest BCUT2D eigenvalue weighted by Gasteiger charge is 2.03. The van der Waals surface area contributed by atoms with E-state index in [0.29, 0.717) is 0 Å². The maximum atomic E-state index is 6.24. The number of halogens is 1. The van der Waals surface area contributed by atoms with E-state index in [9.17, 15) is 0 Å². The second kappa shape index (κ2) is 4.50. The molecule has 0 spiro atoms. The van der Waals surface area contributed by atoms with Gasteiger partial charge in [-0.1, -0.05) is 60.1 Å². The van der Waals surface area contributed by atoms with Crippen LogP contribution in [0.25, 0.3) is 0 Å². The van der Waals surface area contributed by atoms with Gasteiger partial charge in [0.15, 0.2) is 0 Å². The van der Waals surface area contributed by atoms with Gasteiger partial charge in [-0.15, -0.1) is 0 Å². The smallest absolute Gasteiger partial charge is 0.0470 e.